The van der Waals surface area contributed by atoms with Gasteiger partial charge in [-0.2, -0.15) is 5.10 Å². The molecule has 0 N–H and O–H groups in total. The summed E-state index contributed by atoms with van der Waals surface area (Å²) in [5.74, 6) is 0.837. The molecule has 1 heterocycles. The first-order valence-electron chi connectivity index (χ1n) is 6.44. The fourth-order valence-corrected chi connectivity index (χ4v) is 1.90. The first-order chi connectivity index (χ1) is 9.13. The molecule has 0 unspecified atom stereocenters. The summed E-state index contributed by atoms with van der Waals surface area (Å²) in [6.07, 6.45) is 0.989. The number of aromatic nitrogens is 2. The number of benzene rings is 1. The van der Waals surface area contributed by atoms with Gasteiger partial charge in [0.25, 0.3) is 0 Å². The first kappa shape index (κ1) is 13.3. The molecule has 1 aromatic carbocycles. The number of ether oxygens (including phenoxy) is 1. The van der Waals surface area contributed by atoms with Crippen molar-refractivity contribution in [2.45, 2.75) is 33.4 Å². The highest BCUT2D eigenvalue weighted by atomic mass is 16.5. The van der Waals surface area contributed by atoms with Crippen molar-refractivity contribution in [1.29, 1.82) is 0 Å². The van der Waals surface area contributed by atoms with Crippen molar-refractivity contribution in [3.8, 4) is 17.0 Å². The van der Waals surface area contributed by atoms with Crippen LogP contribution < -0.4 is 4.74 Å². The minimum absolute atomic E-state index is 0.159. The molecule has 0 aliphatic heterocycles. The van der Waals surface area contributed by atoms with Crippen LogP contribution in [0.25, 0.3) is 11.3 Å². The zero-order chi connectivity index (χ0) is 13.8. The quantitative estimate of drug-likeness (QED) is 0.774. The molecule has 0 saturated heterocycles. The van der Waals surface area contributed by atoms with Gasteiger partial charge in [0.1, 0.15) is 11.4 Å². The van der Waals surface area contributed by atoms with Crippen LogP contribution in [0.15, 0.2) is 30.3 Å². The van der Waals surface area contributed by atoms with E-state index in [-0.39, 0.29) is 6.10 Å². The number of hydrogen-bond acceptors (Lipinski definition) is 3. The van der Waals surface area contributed by atoms with Crippen LogP contribution in [0.2, 0.25) is 0 Å². The Labute approximate surface area is 113 Å². The molecule has 2 rings (SSSR count). The van der Waals surface area contributed by atoms with Crippen LogP contribution >= 0.6 is 0 Å². The van der Waals surface area contributed by atoms with Crippen LogP contribution in [0.4, 0.5) is 0 Å². The normalized spacial score (nSPS) is 10.7. The molecule has 1 aromatic heterocycles. The number of carbonyl (C=O) groups is 1. The number of aldehydes is 1. The highest BCUT2D eigenvalue weighted by Gasteiger charge is 2.08. The van der Waals surface area contributed by atoms with E-state index in [1.165, 1.54) is 0 Å². The lowest BCUT2D eigenvalue weighted by Gasteiger charge is -2.09. The summed E-state index contributed by atoms with van der Waals surface area (Å²) >= 11 is 0. The molecular weight excluding hydrogens is 240 g/mol. The van der Waals surface area contributed by atoms with Crippen LogP contribution in [0.3, 0.4) is 0 Å². The summed E-state index contributed by atoms with van der Waals surface area (Å²) in [4.78, 5) is 10.9. The Balaban J connectivity index is 2.26. The largest absolute Gasteiger partial charge is 0.491 e. The second kappa shape index (κ2) is 5.69. The van der Waals surface area contributed by atoms with Gasteiger partial charge < -0.3 is 4.74 Å². The van der Waals surface area contributed by atoms with Gasteiger partial charge in [0.05, 0.1) is 11.8 Å². The molecule has 100 valence electrons. The Morgan fingerprint density at radius 3 is 2.47 bits per heavy atom. The maximum Gasteiger partial charge on any atom is 0.168 e. The molecular formula is C15H18N2O2. The summed E-state index contributed by atoms with van der Waals surface area (Å²) in [5.41, 5.74) is 2.38. The number of aryl methyl sites for hydroxylation is 1. The predicted octanol–water partition coefficient (Wildman–Crippen LogP) is 3.17. The van der Waals surface area contributed by atoms with E-state index in [1.807, 2.05) is 45.0 Å². The highest BCUT2D eigenvalue weighted by Crippen LogP contribution is 2.22. The summed E-state index contributed by atoms with van der Waals surface area (Å²) in [6.45, 7) is 6.63. The van der Waals surface area contributed by atoms with Crippen LogP contribution in [0.5, 0.6) is 5.75 Å². The topological polar surface area (TPSA) is 44.1 Å². The fourth-order valence-electron chi connectivity index (χ4n) is 1.90. The monoisotopic (exact) mass is 258 g/mol. The molecule has 19 heavy (non-hydrogen) atoms. The Morgan fingerprint density at radius 1 is 1.32 bits per heavy atom. The van der Waals surface area contributed by atoms with Gasteiger partial charge in [-0.1, -0.05) is 0 Å². The van der Waals surface area contributed by atoms with Crippen molar-refractivity contribution in [2.75, 3.05) is 0 Å². The van der Waals surface area contributed by atoms with Gasteiger partial charge in [0.15, 0.2) is 6.29 Å². The molecule has 0 bridgehead atoms. The minimum atomic E-state index is 0.159. The van der Waals surface area contributed by atoms with Gasteiger partial charge >= 0.3 is 0 Å². The third kappa shape index (κ3) is 3.02. The van der Waals surface area contributed by atoms with Crippen molar-refractivity contribution in [3.63, 3.8) is 0 Å². The van der Waals surface area contributed by atoms with Gasteiger partial charge in [-0.25, -0.2) is 0 Å². The van der Waals surface area contributed by atoms with E-state index in [9.17, 15) is 4.79 Å². The van der Waals surface area contributed by atoms with Crippen molar-refractivity contribution in [3.05, 3.63) is 36.0 Å². The lowest BCUT2D eigenvalue weighted by atomic mass is 10.1. The second-order valence-corrected chi connectivity index (χ2v) is 4.58. The van der Waals surface area contributed by atoms with E-state index < -0.39 is 0 Å². The first-order valence-corrected chi connectivity index (χ1v) is 6.44. The van der Waals surface area contributed by atoms with Gasteiger partial charge in [-0.15, -0.1) is 0 Å². The van der Waals surface area contributed by atoms with E-state index in [2.05, 4.69) is 5.10 Å². The van der Waals surface area contributed by atoms with E-state index in [0.29, 0.717) is 12.2 Å². The van der Waals surface area contributed by atoms with Crippen LogP contribution in [-0.2, 0) is 6.54 Å². The number of hydrogen-bond donors (Lipinski definition) is 0. The van der Waals surface area contributed by atoms with Crippen molar-refractivity contribution in [2.24, 2.45) is 0 Å². The molecule has 0 atom stereocenters. The summed E-state index contributed by atoms with van der Waals surface area (Å²) in [6, 6.07) is 9.54. The molecule has 2 aromatic rings. The molecule has 4 nitrogen and oxygen atoms in total. The van der Waals surface area contributed by atoms with E-state index >= 15 is 0 Å². The minimum Gasteiger partial charge on any atom is -0.491 e. The van der Waals surface area contributed by atoms with Crippen LogP contribution in [0, 0.1) is 0 Å². The summed E-state index contributed by atoms with van der Waals surface area (Å²) in [7, 11) is 0. The zero-order valence-electron chi connectivity index (χ0n) is 11.5. The smallest absolute Gasteiger partial charge is 0.168 e. The predicted molar refractivity (Wildman–Crippen MR) is 74.5 cm³/mol. The summed E-state index contributed by atoms with van der Waals surface area (Å²) < 4.78 is 7.29. The molecule has 0 spiro atoms. The molecule has 0 aliphatic rings. The van der Waals surface area contributed by atoms with E-state index in [0.717, 1.165) is 23.3 Å². The number of carbonyl (C=O) groups excluding carboxylic acids is 1. The van der Waals surface area contributed by atoms with Crippen molar-refractivity contribution < 1.29 is 9.53 Å². The molecule has 0 amide bonds. The van der Waals surface area contributed by atoms with E-state index in [1.54, 1.807) is 10.7 Å². The molecule has 0 saturated carbocycles. The highest BCUT2D eigenvalue weighted by molar-refractivity contribution is 5.75. The second-order valence-electron chi connectivity index (χ2n) is 4.58. The van der Waals surface area contributed by atoms with Gasteiger partial charge in [0.2, 0.25) is 0 Å². The SMILES string of the molecule is CCn1nc(-c2ccc(OC(C)C)cc2)cc1C=O. The maximum absolute atomic E-state index is 10.9. The summed E-state index contributed by atoms with van der Waals surface area (Å²) in [5, 5.41) is 4.40. The average Bonchev–Trinajstić information content (AvgIpc) is 2.82. The van der Waals surface area contributed by atoms with Crippen molar-refractivity contribution >= 4 is 6.29 Å². The van der Waals surface area contributed by atoms with E-state index in [4.69, 9.17) is 4.74 Å². The lowest BCUT2D eigenvalue weighted by Crippen LogP contribution is -2.05. The molecule has 0 radical (unpaired) electrons. The number of rotatable bonds is 5. The van der Waals surface area contributed by atoms with Crippen molar-refractivity contribution in [1.82, 2.24) is 9.78 Å². The lowest BCUT2D eigenvalue weighted by molar-refractivity contribution is 0.111. The average molecular weight is 258 g/mol. The standard InChI is InChI=1S/C15H18N2O2/c1-4-17-13(10-18)9-15(16-17)12-5-7-14(8-6-12)19-11(2)3/h5-11H,4H2,1-3H3. The van der Waals surface area contributed by atoms with Crippen LogP contribution in [-0.4, -0.2) is 22.2 Å². The molecule has 0 fully saturated rings. The zero-order valence-corrected chi connectivity index (χ0v) is 11.5. The Hall–Kier alpha value is -2.10. The number of nitrogens with zero attached hydrogens (tertiary/aromatic N) is 2. The van der Waals surface area contributed by atoms with Crippen LogP contribution in [0.1, 0.15) is 31.3 Å². The van der Waals surface area contributed by atoms with Gasteiger partial charge in [-0.3, -0.25) is 9.48 Å². The maximum atomic E-state index is 10.9. The fraction of sp³-hybridized carbons (Fsp3) is 0.333. The Morgan fingerprint density at radius 2 is 2.00 bits per heavy atom. The Bertz CT molecular complexity index is 556. The molecule has 0 aliphatic carbocycles. The Kier molecular flexibility index (Phi) is 4.00. The third-order valence-corrected chi connectivity index (χ3v) is 2.75. The third-order valence-electron chi connectivity index (χ3n) is 2.75. The molecule has 4 heteroatoms. The van der Waals surface area contributed by atoms with Gasteiger partial charge in [0, 0.05) is 12.1 Å². The van der Waals surface area contributed by atoms with Gasteiger partial charge in [-0.05, 0) is 51.1 Å².